The predicted octanol–water partition coefficient (Wildman–Crippen LogP) is 7.39. The highest BCUT2D eigenvalue weighted by atomic mass is 19.4. The SMILES string of the molecule is CCOC(=O)C1=C(C)N(c2cccc(C(F)(F)F)c2)C(=O)N(CC(=O)NCCN(C)CCNC(=O)CN2C(=O)N(c3cccc(C(F)(F)F)c3)C(C)=C(C(=O)OCC)C2c2ccc(N)cc2)C1c1ccc(N)cc1. The molecule has 2 atom stereocenters. The number of hydrogen-bond donors (Lipinski definition) is 4. The highest BCUT2D eigenvalue weighted by molar-refractivity contribution is 6.05. The second-order valence-corrected chi connectivity index (χ2v) is 17.2. The minimum atomic E-state index is -4.77. The lowest BCUT2D eigenvalue weighted by atomic mass is 9.92. The molecule has 6 rings (SSSR count). The van der Waals surface area contributed by atoms with Gasteiger partial charge in [0, 0.05) is 48.9 Å². The first-order chi connectivity index (χ1) is 35.0. The monoisotopic (exact) mass is 1040 g/mol. The van der Waals surface area contributed by atoms with Gasteiger partial charge in [0.15, 0.2) is 0 Å². The Morgan fingerprint density at radius 1 is 0.595 bits per heavy atom. The molecular formula is C51H55F6N9O8. The van der Waals surface area contributed by atoms with E-state index in [-0.39, 0.29) is 73.3 Å². The van der Waals surface area contributed by atoms with Gasteiger partial charge in [0.05, 0.1) is 58.9 Å². The fraction of sp³-hybridized carbons (Fsp3) is 0.333. The van der Waals surface area contributed by atoms with Crippen LogP contribution in [0.3, 0.4) is 0 Å². The molecule has 0 bridgehead atoms. The summed E-state index contributed by atoms with van der Waals surface area (Å²) in [5.74, 6) is -3.13. The lowest BCUT2D eigenvalue weighted by Gasteiger charge is -2.42. The number of nitrogens with one attached hydrogen (secondary N) is 2. The summed E-state index contributed by atoms with van der Waals surface area (Å²) in [7, 11) is 1.67. The number of halogens is 6. The van der Waals surface area contributed by atoms with E-state index in [2.05, 4.69) is 10.6 Å². The third-order valence-electron chi connectivity index (χ3n) is 12.1. The number of alkyl halides is 6. The van der Waals surface area contributed by atoms with Crippen molar-refractivity contribution in [2.45, 2.75) is 52.1 Å². The van der Waals surface area contributed by atoms with Crippen molar-refractivity contribution in [1.82, 2.24) is 25.3 Å². The number of urea groups is 2. The number of carbonyl (C=O) groups is 6. The summed E-state index contributed by atoms with van der Waals surface area (Å²) in [5.41, 5.74) is 10.5. The van der Waals surface area contributed by atoms with Gasteiger partial charge in [-0.15, -0.1) is 0 Å². The maximum Gasteiger partial charge on any atom is 0.416 e. The topological polar surface area (TPSA) is 213 Å². The predicted molar refractivity (Wildman–Crippen MR) is 261 cm³/mol. The van der Waals surface area contributed by atoms with E-state index in [1.165, 1.54) is 50.2 Å². The van der Waals surface area contributed by atoms with E-state index in [9.17, 15) is 55.1 Å². The molecule has 2 aliphatic heterocycles. The number of benzene rings is 4. The van der Waals surface area contributed by atoms with Crippen LogP contribution in [0.5, 0.6) is 0 Å². The van der Waals surface area contributed by atoms with E-state index in [0.29, 0.717) is 22.5 Å². The number of anilines is 4. The van der Waals surface area contributed by atoms with Crippen LogP contribution in [0, 0.1) is 0 Å². The fourth-order valence-corrected chi connectivity index (χ4v) is 8.57. The number of nitrogens with two attached hydrogens (primary N) is 2. The zero-order valence-electron chi connectivity index (χ0n) is 41.0. The molecule has 23 heteroatoms. The van der Waals surface area contributed by atoms with Crippen LogP contribution in [0.1, 0.15) is 62.0 Å². The molecule has 2 unspecified atom stereocenters. The van der Waals surface area contributed by atoms with Crippen molar-refractivity contribution < 1.29 is 64.6 Å². The van der Waals surface area contributed by atoms with Gasteiger partial charge in [0.1, 0.15) is 13.1 Å². The van der Waals surface area contributed by atoms with Crippen LogP contribution in [-0.4, -0.2) is 110 Å². The third kappa shape index (κ3) is 12.6. The quantitative estimate of drug-likeness (QED) is 0.0438. The Balaban J connectivity index is 1.16. The molecule has 0 fully saturated rings. The number of rotatable bonds is 18. The number of ether oxygens (including phenoxy) is 2. The fourth-order valence-electron chi connectivity index (χ4n) is 8.57. The molecule has 0 spiro atoms. The van der Waals surface area contributed by atoms with Gasteiger partial charge < -0.3 is 46.3 Å². The Labute approximate surface area is 422 Å². The van der Waals surface area contributed by atoms with Gasteiger partial charge >= 0.3 is 36.4 Å². The number of likely N-dealkylation sites (N-methyl/N-ethyl adjacent to an activating group) is 1. The zero-order chi connectivity index (χ0) is 54.2. The third-order valence-corrected chi connectivity index (χ3v) is 12.1. The maximum atomic E-state index is 14.5. The van der Waals surface area contributed by atoms with E-state index in [4.69, 9.17) is 20.9 Å². The molecule has 0 radical (unpaired) electrons. The van der Waals surface area contributed by atoms with Crippen molar-refractivity contribution in [3.8, 4) is 0 Å². The minimum absolute atomic E-state index is 0.00592. The van der Waals surface area contributed by atoms with E-state index in [1.807, 2.05) is 0 Å². The average Bonchev–Trinajstić information content (AvgIpc) is 3.33. The molecule has 0 aromatic heterocycles. The Morgan fingerprint density at radius 2 is 0.946 bits per heavy atom. The number of esters is 2. The molecular weight excluding hydrogens is 981 g/mol. The molecule has 4 aromatic rings. The Morgan fingerprint density at radius 3 is 1.27 bits per heavy atom. The van der Waals surface area contributed by atoms with Gasteiger partial charge in [-0.1, -0.05) is 36.4 Å². The molecule has 74 heavy (non-hydrogen) atoms. The number of hydrogen-bond acceptors (Lipinski definition) is 11. The standard InChI is InChI=1S/C51H55F6N9O8/c1-6-73-46(69)42-30(3)65(38-12-8-10-34(26-38)50(52,53)54)48(71)63(44(42)32-14-18-36(58)19-15-32)28-40(67)60-22-24-62(5)25-23-61-41(68)29-64-45(33-16-20-37(59)21-17-33)43(47(70)74-7-2)31(4)66(49(64)72)39-13-9-11-35(27-39)51(55,56)57/h8-21,26-27,44-45H,6-7,22-25,28-29,58-59H2,1-5H3,(H,60,67)(H,61,68). The van der Waals surface area contributed by atoms with Crippen LogP contribution in [0.4, 0.5) is 58.7 Å². The molecule has 6 amide bonds. The van der Waals surface area contributed by atoms with Gasteiger partial charge in [0.2, 0.25) is 11.8 Å². The summed E-state index contributed by atoms with van der Waals surface area (Å²) in [6.07, 6.45) is -9.54. The number of allylic oxidation sites excluding steroid dienone is 2. The smallest absolute Gasteiger partial charge is 0.416 e. The Bertz CT molecular complexity index is 2630. The number of nitrogens with zero attached hydrogens (tertiary/aromatic N) is 5. The number of carbonyl (C=O) groups excluding carboxylic acids is 6. The van der Waals surface area contributed by atoms with Crippen molar-refractivity contribution in [3.05, 3.63) is 142 Å². The van der Waals surface area contributed by atoms with Crippen LogP contribution in [-0.2, 0) is 41.0 Å². The first-order valence-electron chi connectivity index (χ1n) is 23.2. The van der Waals surface area contributed by atoms with Crippen LogP contribution < -0.4 is 31.9 Å². The van der Waals surface area contributed by atoms with Crippen molar-refractivity contribution in [1.29, 1.82) is 0 Å². The van der Waals surface area contributed by atoms with Crippen LogP contribution in [0.15, 0.2) is 120 Å². The molecule has 2 aliphatic rings. The molecule has 0 saturated heterocycles. The average molecular weight is 1040 g/mol. The highest BCUT2D eigenvalue weighted by Crippen LogP contribution is 2.43. The zero-order valence-corrected chi connectivity index (χ0v) is 41.0. The number of nitrogen functional groups attached to an aromatic ring is 2. The Kier molecular flexibility index (Phi) is 17.3. The normalized spacial score (nSPS) is 16.5. The lowest BCUT2D eigenvalue weighted by Crippen LogP contribution is -2.54. The molecule has 2 heterocycles. The van der Waals surface area contributed by atoms with E-state index in [1.54, 1.807) is 50.1 Å². The second kappa shape index (κ2) is 23.2. The Hall–Kier alpha value is -8.08. The lowest BCUT2D eigenvalue weighted by molar-refractivity contribution is -0.140. The molecule has 4 aromatic carbocycles. The molecule has 394 valence electrons. The van der Waals surface area contributed by atoms with Crippen LogP contribution in [0.25, 0.3) is 0 Å². The molecule has 6 N–H and O–H groups in total. The largest absolute Gasteiger partial charge is 0.463 e. The van der Waals surface area contributed by atoms with E-state index < -0.39 is 84.5 Å². The summed E-state index contributed by atoms with van der Waals surface area (Å²) in [6.45, 7) is 4.78. The summed E-state index contributed by atoms with van der Waals surface area (Å²) in [4.78, 5) is 89.5. The van der Waals surface area contributed by atoms with Gasteiger partial charge in [-0.3, -0.25) is 19.4 Å². The first-order valence-corrected chi connectivity index (χ1v) is 23.2. The highest BCUT2D eigenvalue weighted by Gasteiger charge is 2.46. The van der Waals surface area contributed by atoms with E-state index >= 15 is 0 Å². The molecule has 0 saturated carbocycles. The van der Waals surface area contributed by atoms with Crippen LogP contribution in [0.2, 0.25) is 0 Å². The van der Waals surface area contributed by atoms with Gasteiger partial charge in [-0.25, -0.2) is 19.2 Å². The number of amides is 6. The summed E-state index contributed by atoms with van der Waals surface area (Å²) in [6, 6.07) is 16.0. The summed E-state index contributed by atoms with van der Waals surface area (Å²) >= 11 is 0. The minimum Gasteiger partial charge on any atom is -0.463 e. The van der Waals surface area contributed by atoms with Crippen molar-refractivity contribution in [2.75, 3.05) is 80.8 Å². The van der Waals surface area contributed by atoms with Crippen molar-refractivity contribution in [3.63, 3.8) is 0 Å². The van der Waals surface area contributed by atoms with Gasteiger partial charge in [-0.05, 0) is 107 Å². The van der Waals surface area contributed by atoms with E-state index in [0.717, 1.165) is 56.0 Å². The molecule has 0 aliphatic carbocycles. The maximum absolute atomic E-state index is 14.5. The second-order valence-electron chi connectivity index (χ2n) is 17.2. The van der Waals surface area contributed by atoms with Crippen molar-refractivity contribution in [2.24, 2.45) is 0 Å². The van der Waals surface area contributed by atoms with Crippen molar-refractivity contribution >= 4 is 58.6 Å². The summed E-state index contributed by atoms with van der Waals surface area (Å²) < 4.78 is 94.0. The first kappa shape index (κ1) is 55.2. The molecule has 17 nitrogen and oxygen atoms in total. The van der Waals surface area contributed by atoms with Gasteiger partial charge in [0.25, 0.3) is 0 Å². The summed E-state index contributed by atoms with van der Waals surface area (Å²) in [5, 5.41) is 5.44. The van der Waals surface area contributed by atoms with Gasteiger partial charge in [-0.2, -0.15) is 26.3 Å². The van der Waals surface area contributed by atoms with Crippen LogP contribution >= 0.6 is 0 Å².